The minimum Gasteiger partial charge on any atom is -0.462 e. The molecule has 0 amide bonds. The molecule has 254 valence electrons. The molecule has 4 heteroatoms. The first-order valence-electron chi connectivity index (χ1n) is 18.5. The largest absolute Gasteiger partial charge is 0.462 e. The Hall–Kier alpha value is -1.58. The van der Waals surface area contributed by atoms with Crippen LogP contribution in [0.5, 0.6) is 0 Å². The van der Waals surface area contributed by atoms with Crippen LogP contribution in [0, 0.1) is 0 Å². The number of esters is 2. The molecular weight excluding hydrogens is 532 g/mol. The normalized spacial score (nSPS) is 10.6. The molecule has 0 heterocycles. The van der Waals surface area contributed by atoms with E-state index >= 15 is 0 Å². The Kier molecular flexibility index (Phi) is 37.1. The molecule has 0 spiro atoms. The van der Waals surface area contributed by atoms with Crippen molar-refractivity contribution in [3.63, 3.8) is 0 Å². The van der Waals surface area contributed by atoms with Gasteiger partial charge in [0.05, 0.1) is 13.2 Å². The first-order chi connectivity index (χ1) is 20.9. The van der Waals surface area contributed by atoms with E-state index < -0.39 is 0 Å². The molecule has 0 saturated heterocycles. The standard InChI is InChI=1S/C21H40O2.C18H34O2/c1-4-5-6-7-8-9-10-11-12-13-14-15-16-17-18-19-23-21(22)20(2)3;1-4-5-6-7-8-9-10-11-12-13-14-15-16-20-18(19)17(2)3/h2,4-19H2,1,3H3;2,4-16H2,1,3H3. The number of unbranched alkanes of at least 4 members (excludes halogenated alkanes) is 25. The summed E-state index contributed by atoms with van der Waals surface area (Å²) in [5.74, 6) is -0.511. The lowest BCUT2D eigenvalue weighted by Gasteiger charge is -2.05. The third-order valence-corrected chi connectivity index (χ3v) is 7.91. The van der Waals surface area contributed by atoms with E-state index in [2.05, 4.69) is 27.0 Å². The third-order valence-electron chi connectivity index (χ3n) is 7.91. The molecule has 0 N–H and O–H groups in total. The Morgan fingerprint density at radius 1 is 0.372 bits per heavy atom. The van der Waals surface area contributed by atoms with E-state index in [1.54, 1.807) is 13.8 Å². The molecule has 43 heavy (non-hydrogen) atoms. The fraction of sp³-hybridized carbons (Fsp3) is 0.846. The molecule has 0 aromatic carbocycles. The first-order valence-corrected chi connectivity index (χ1v) is 18.5. The van der Waals surface area contributed by atoms with Crippen molar-refractivity contribution < 1.29 is 19.1 Å². The van der Waals surface area contributed by atoms with Crippen molar-refractivity contribution in [1.82, 2.24) is 0 Å². The Morgan fingerprint density at radius 2 is 0.558 bits per heavy atom. The molecular formula is C39H74O4. The van der Waals surface area contributed by atoms with E-state index in [0.29, 0.717) is 24.4 Å². The van der Waals surface area contributed by atoms with Crippen LogP contribution in [0.2, 0.25) is 0 Å². The topological polar surface area (TPSA) is 52.6 Å². The van der Waals surface area contributed by atoms with Crippen LogP contribution in [0.15, 0.2) is 24.3 Å². The minimum absolute atomic E-state index is 0.254. The lowest BCUT2D eigenvalue weighted by Crippen LogP contribution is -2.05. The lowest BCUT2D eigenvalue weighted by molar-refractivity contribution is -0.139. The van der Waals surface area contributed by atoms with Crippen molar-refractivity contribution in [2.75, 3.05) is 13.2 Å². The highest BCUT2D eigenvalue weighted by Gasteiger charge is 2.03. The smallest absolute Gasteiger partial charge is 0.333 e. The maximum atomic E-state index is 11.2. The van der Waals surface area contributed by atoms with Crippen molar-refractivity contribution in [3.05, 3.63) is 24.3 Å². The van der Waals surface area contributed by atoms with Crippen molar-refractivity contribution in [2.24, 2.45) is 0 Å². The van der Waals surface area contributed by atoms with Crippen LogP contribution in [-0.2, 0) is 19.1 Å². The zero-order valence-electron chi connectivity index (χ0n) is 29.6. The van der Waals surface area contributed by atoms with Gasteiger partial charge in [-0.2, -0.15) is 0 Å². The molecule has 0 radical (unpaired) electrons. The van der Waals surface area contributed by atoms with Crippen LogP contribution >= 0.6 is 0 Å². The van der Waals surface area contributed by atoms with E-state index in [1.807, 2.05) is 0 Å². The number of ether oxygens (including phenoxy) is 2. The van der Waals surface area contributed by atoms with E-state index in [9.17, 15) is 9.59 Å². The average molecular weight is 607 g/mol. The van der Waals surface area contributed by atoms with Crippen LogP contribution in [-0.4, -0.2) is 25.2 Å². The van der Waals surface area contributed by atoms with Gasteiger partial charge in [-0.25, -0.2) is 9.59 Å². The Bertz CT molecular complexity index is 639. The zero-order chi connectivity index (χ0) is 32.2. The summed E-state index contributed by atoms with van der Waals surface area (Å²) in [6, 6.07) is 0. The third kappa shape index (κ3) is 38.4. The molecule has 0 unspecified atom stereocenters. The SMILES string of the molecule is C=C(C)C(=O)OCCCCCCCCCCCCCC.C=C(C)C(=O)OCCCCCCCCCCCCCCCCC. The molecule has 0 atom stereocenters. The number of carbonyl (C=O) groups excluding carboxylic acids is 2. The summed E-state index contributed by atoms with van der Waals surface area (Å²) in [5.41, 5.74) is 0.981. The van der Waals surface area contributed by atoms with Gasteiger partial charge < -0.3 is 9.47 Å². The summed E-state index contributed by atoms with van der Waals surface area (Å²) in [7, 11) is 0. The summed E-state index contributed by atoms with van der Waals surface area (Å²) in [4.78, 5) is 22.3. The molecule has 4 nitrogen and oxygen atoms in total. The molecule has 0 saturated carbocycles. The van der Waals surface area contributed by atoms with E-state index in [1.165, 1.54) is 161 Å². The first kappa shape index (κ1) is 43.5. The molecule has 0 aromatic rings. The van der Waals surface area contributed by atoms with E-state index in [-0.39, 0.29) is 11.9 Å². The monoisotopic (exact) mass is 607 g/mol. The fourth-order valence-corrected chi connectivity index (χ4v) is 4.99. The predicted octanol–water partition coefficient (Wildman–Crippen LogP) is 12.8. The number of hydrogen-bond acceptors (Lipinski definition) is 4. The molecule has 0 aromatic heterocycles. The van der Waals surface area contributed by atoms with Gasteiger partial charge in [-0.3, -0.25) is 0 Å². The lowest BCUT2D eigenvalue weighted by atomic mass is 10.0. The summed E-state index contributed by atoms with van der Waals surface area (Å²) >= 11 is 0. The minimum atomic E-state index is -0.256. The molecule has 0 bridgehead atoms. The Balaban J connectivity index is 0. The molecule has 0 fully saturated rings. The quantitative estimate of drug-likeness (QED) is 0.0447. The second-order valence-electron chi connectivity index (χ2n) is 12.7. The maximum absolute atomic E-state index is 11.2. The van der Waals surface area contributed by atoms with Gasteiger partial charge in [0, 0.05) is 11.1 Å². The van der Waals surface area contributed by atoms with Gasteiger partial charge in [-0.1, -0.05) is 188 Å². The van der Waals surface area contributed by atoms with Crippen molar-refractivity contribution in [3.8, 4) is 0 Å². The van der Waals surface area contributed by atoms with E-state index in [0.717, 1.165) is 12.8 Å². The van der Waals surface area contributed by atoms with Gasteiger partial charge in [0.1, 0.15) is 0 Å². The van der Waals surface area contributed by atoms with Gasteiger partial charge in [-0.15, -0.1) is 0 Å². The second kappa shape index (κ2) is 36.6. The van der Waals surface area contributed by atoms with Gasteiger partial charge >= 0.3 is 11.9 Å². The molecule has 0 aliphatic heterocycles. The summed E-state index contributed by atoms with van der Waals surface area (Å²) < 4.78 is 10.1. The summed E-state index contributed by atoms with van der Waals surface area (Å²) in [5, 5.41) is 0. The number of hydrogen-bond donors (Lipinski definition) is 0. The highest BCUT2D eigenvalue weighted by molar-refractivity contribution is 5.87. The summed E-state index contributed by atoms with van der Waals surface area (Å²) in [6.45, 7) is 16.1. The predicted molar refractivity (Wildman–Crippen MR) is 188 cm³/mol. The zero-order valence-corrected chi connectivity index (χ0v) is 29.6. The van der Waals surface area contributed by atoms with Gasteiger partial charge in [0.15, 0.2) is 0 Å². The van der Waals surface area contributed by atoms with Crippen molar-refractivity contribution >= 4 is 11.9 Å². The van der Waals surface area contributed by atoms with Crippen LogP contribution in [0.4, 0.5) is 0 Å². The van der Waals surface area contributed by atoms with Crippen LogP contribution < -0.4 is 0 Å². The maximum Gasteiger partial charge on any atom is 0.333 e. The van der Waals surface area contributed by atoms with Crippen molar-refractivity contribution in [2.45, 2.75) is 201 Å². The highest BCUT2D eigenvalue weighted by atomic mass is 16.5. The molecule has 0 aliphatic carbocycles. The van der Waals surface area contributed by atoms with Gasteiger partial charge in [-0.05, 0) is 26.7 Å². The summed E-state index contributed by atoms with van der Waals surface area (Å²) in [6.07, 6.45) is 36.1. The van der Waals surface area contributed by atoms with E-state index in [4.69, 9.17) is 9.47 Å². The van der Waals surface area contributed by atoms with Crippen LogP contribution in [0.25, 0.3) is 0 Å². The Labute approximate surface area is 269 Å². The number of rotatable bonds is 31. The van der Waals surface area contributed by atoms with Crippen LogP contribution in [0.1, 0.15) is 201 Å². The second-order valence-corrected chi connectivity index (χ2v) is 12.7. The molecule has 0 rings (SSSR count). The fourth-order valence-electron chi connectivity index (χ4n) is 4.99. The van der Waals surface area contributed by atoms with Gasteiger partial charge in [0.2, 0.25) is 0 Å². The molecule has 0 aliphatic rings. The number of carbonyl (C=O) groups is 2. The highest BCUT2D eigenvalue weighted by Crippen LogP contribution is 2.14. The van der Waals surface area contributed by atoms with Crippen LogP contribution in [0.3, 0.4) is 0 Å². The van der Waals surface area contributed by atoms with Crippen molar-refractivity contribution in [1.29, 1.82) is 0 Å². The average Bonchev–Trinajstić information content (AvgIpc) is 2.99. The Morgan fingerprint density at radius 3 is 0.744 bits per heavy atom. The van der Waals surface area contributed by atoms with Gasteiger partial charge in [0.25, 0.3) is 0 Å².